The molecule has 2 heterocycles. The molecule has 1 aliphatic carbocycles. The molecule has 3 fully saturated rings. The Morgan fingerprint density at radius 1 is 1.11 bits per heavy atom. The fraction of sp³-hybridized carbons (Fsp3) is 0.929. The highest BCUT2D eigenvalue weighted by atomic mass is 16.7. The van der Waals surface area contributed by atoms with E-state index in [1.165, 1.54) is 7.11 Å². The first kappa shape index (κ1) is 13.3. The summed E-state index contributed by atoms with van der Waals surface area (Å²) in [6.45, 7) is 1.39. The van der Waals surface area contributed by atoms with Crippen molar-refractivity contribution in [1.82, 2.24) is 0 Å². The molecule has 2 spiro atoms. The maximum Gasteiger partial charge on any atom is 0.334 e. The molecule has 0 aromatic carbocycles. The van der Waals surface area contributed by atoms with Crippen LogP contribution in [0.1, 0.15) is 44.9 Å². The third-order valence-electron chi connectivity index (χ3n) is 4.69. The Morgan fingerprint density at radius 2 is 1.79 bits per heavy atom. The van der Waals surface area contributed by atoms with Gasteiger partial charge in [0.15, 0.2) is 11.9 Å². The number of ether oxygens (including phenoxy) is 4. The van der Waals surface area contributed by atoms with Crippen LogP contribution in [0.5, 0.6) is 0 Å². The van der Waals surface area contributed by atoms with Crippen LogP contribution in [0.15, 0.2) is 0 Å². The van der Waals surface area contributed by atoms with Gasteiger partial charge in [-0.05, 0) is 32.1 Å². The first-order valence-corrected chi connectivity index (χ1v) is 7.21. The summed E-state index contributed by atoms with van der Waals surface area (Å²) in [6.07, 6.45) is 5.96. The molecule has 19 heavy (non-hydrogen) atoms. The molecule has 5 nitrogen and oxygen atoms in total. The van der Waals surface area contributed by atoms with Gasteiger partial charge in [0.2, 0.25) is 0 Å². The predicted molar refractivity (Wildman–Crippen MR) is 66.6 cm³/mol. The van der Waals surface area contributed by atoms with Gasteiger partial charge in [-0.2, -0.15) is 0 Å². The van der Waals surface area contributed by atoms with Crippen molar-refractivity contribution < 1.29 is 23.7 Å². The van der Waals surface area contributed by atoms with Gasteiger partial charge in [-0.15, -0.1) is 0 Å². The average Bonchev–Trinajstić information content (AvgIpc) is 2.91. The van der Waals surface area contributed by atoms with Gasteiger partial charge in [0, 0.05) is 12.8 Å². The first-order chi connectivity index (χ1) is 9.17. The van der Waals surface area contributed by atoms with E-state index in [4.69, 9.17) is 18.9 Å². The van der Waals surface area contributed by atoms with E-state index in [0.29, 0.717) is 13.2 Å². The lowest BCUT2D eigenvalue weighted by atomic mass is 9.76. The number of methoxy groups -OCH3 is 1. The molecule has 108 valence electrons. The van der Waals surface area contributed by atoms with Gasteiger partial charge in [0.1, 0.15) is 0 Å². The van der Waals surface area contributed by atoms with Crippen LogP contribution >= 0.6 is 0 Å². The smallest absolute Gasteiger partial charge is 0.334 e. The molecule has 3 aliphatic rings. The van der Waals surface area contributed by atoms with E-state index in [1.807, 2.05) is 0 Å². The van der Waals surface area contributed by atoms with Crippen LogP contribution in [0.2, 0.25) is 0 Å². The normalized spacial score (nSPS) is 32.6. The van der Waals surface area contributed by atoms with Crippen molar-refractivity contribution in [2.45, 2.75) is 62.4 Å². The summed E-state index contributed by atoms with van der Waals surface area (Å²) in [6, 6.07) is 0. The molecular formula is C14H22O5. The van der Waals surface area contributed by atoms with Gasteiger partial charge in [-0.3, -0.25) is 0 Å². The number of esters is 1. The van der Waals surface area contributed by atoms with Crippen LogP contribution in [-0.2, 0) is 23.7 Å². The van der Waals surface area contributed by atoms with E-state index in [2.05, 4.69) is 0 Å². The highest BCUT2D eigenvalue weighted by molar-refractivity contribution is 5.74. The molecule has 0 aromatic rings. The Balaban J connectivity index is 1.63. The summed E-state index contributed by atoms with van der Waals surface area (Å²) in [7, 11) is 1.42. The summed E-state index contributed by atoms with van der Waals surface area (Å²) >= 11 is 0. The predicted octanol–water partition coefficient (Wildman–Crippen LogP) is 1.78. The van der Waals surface area contributed by atoms with E-state index in [0.717, 1.165) is 44.9 Å². The van der Waals surface area contributed by atoms with Crippen LogP contribution in [0, 0.1) is 0 Å². The van der Waals surface area contributed by atoms with Gasteiger partial charge in [0.05, 0.1) is 25.9 Å². The van der Waals surface area contributed by atoms with Crippen molar-refractivity contribution in [2.75, 3.05) is 20.3 Å². The zero-order valence-corrected chi connectivity index (χ0v) is 11.5. The first-order valence-electron chi connectivity index (χ1n) is 7.21. The van der Waals surface area contributed by atoms with E-state index in [1.54, 1.807) is 0 Å². The maximum absolute atomic E-state index is 11.6. The van der Waals surface area contributed by atoms with Crippen molar-refractivity contribution in [2.24, 2.45) is 0 Å². The highest BCUT2D eigenvalue weighted by Gasteiger charge is 2.49. The summed E-state index contributed by atoms with van der Waals surface area (Å²) in [4.78, 5) is 11.6. The lowest BCUT2D eigenvalue weighted by Crippen LogP contribution is -2.50. The molecule has 0 aromatic heterocycles. The Morgan fingerprint density at radius 3 is 2.42 bits per heavy atom. The average molecular weight is 270 g/mol. The fourth-order valence-corrected chi connectivity index (χ4v) is 3.57. The maximum atomic E-state index is 11.6. The Bertz CT molecular complexity index is 338. The molecular weight excluding hydrogens is 248 g/mol. The standard InChI is InChI=1S/C14H22O5/c1-16-12(15)11-3-2-4-13(19-11)5-7-14(8-6-13)17-9-10-18-14/h11H,2-10H2,1H3. The minimum absolute atomic E-state index is 0.169. The number of hydrogen-bond donors (Lipinski definition) is 0. The third-order valence-corrected chi connectivity index (χ3v) is 4.69. The van der Waals surface area contributed by atoms with Gasteiger partial charge >= 0.3 is 5.97 Å². The second-order valence-corrected chi connectivity index (χ2v) is 5.81. The van der Waals surface area contributed by atoms with Crippen LogP contribution in [0.3, 0.4) is 0 Å². The van der Waals surface area contributed by atoms with Gasteiger partial charge in [-0.1, -0.05) is 0 Å². The Kier molecular flexibility index (Phi) is 3.53. The SMILES string of the molecule is COC(=O)C1CCCC2(CCC3(CC2)OCCO3)O1. The third kappa shape index (κ3) is 2.51. The molecule has 3 rings (SSSR count). The topological polar surface area (TPSA) is 54.0 Å². The van der Waals surface area contributed by atoms with Crippen molar-refractivity contribution in [3.63, 3.8) is 0 Å². The quantitative estimate of drug-likeness (QED) is 0.680. The Hall–Kier alpha value is -0.650. The molecule has 5 heteroatoms. The van der Waals surface area contributed by atoms with E-state index >= 15 is 0 Å². The minimum atomic E-state index is -0.391. The zero-order valence-electron chi connectivity index (χ0n) is 11.5. The largest absolute Gasteiger partial charge is 0.467 e. The minimum Gasteiger partial charge on any atom is -0.467 e. The second kappa shape index (κ2) is 5.04. The number of carbonyl (C=O) groups is 1. The second-order valence-electron chi connectivity index (χ2n) is 5.81. The van der Waals surface area contributed by atoms with Crippen molar-refractivity contribution in [1.29, 1.82) is 0 Å². The number of hydrogen-bond acceptors (Lipinski definition) is 5. The molecule has 1 saturated carbocycles. The van der Waals surface area contributed by atoms with E-state index in [-0.39, 0.29) is 17.4 Å². The monoisotopic (exact) mass is 270 g/mol. The van der Waals surface area contributed by atoms with Gasteiger partial charge < -0.3 is 18.9 Å². The van der Waals surface area contributed by atoms with Crippen LogP contribution in [0.4, 0.5) is 0 Å². The van der Waals surface area contributed by atoms with Crippen LogP contribution in [0.25, 0.3) is 0 Å². The molecule has 0 radical (unpaired) electrons. The van der Waals surface area contributed by atoms with Crippen LogP contribution in [-0.4, -0.2) is 43.8 Å². The molecule has 2 saturated heterocycles. The van der Waals surface area contributed by atoms with Gasteiger partial charge in [0.25, 0.3) is 0 Å². The van der Waals surface area contributed by atoms with Crippen molar-refractivity contribution in [3.05, 3.63) is 0 Å². The Labute approximate surface area is 113 Å². The van der Waals surface area contributed by atoms with Crippen LogP contribution < -0.4 is 0 Å². The summed E-state index contributed by atoms with van der Waals surface area (Å²) in [5.41, 5.74) is -0.169. The summed E-state index contributed by atoms with van der Waals surface area (Å²) in [5, 5.41) is 0. The number of rotatable bonds is 1. The molecule has 0 amide bonds. The van der Waals surface area contributed by atoms with E-state index in [9.17, 15) is 4.79 Å². The molecule has 0 bridgehead atoms. The van der Waals surface area contributed by atoms with Crippen molar-refractivity contribution >= 4 is 5.97 Å². The summed E-state index contributed by atoms with van der Waals surface area (Å²) < 4.78 is 22.4. The molecule has 1 unspecified atom stereocenters. The zero-order chi connectivity index (χ0) is 13.3. The summed E-state index contributed by atoms with van der Waals surface area (Å²) in [5.74, 6) is -0.611. The number of carbonyl (C=O) groups excluding carboxylic acids is 1. The molecule has 0 N–H and O–H groups in total. The van der Waals surface area contributed by atoms with E-state index < -0.39 is 6.10 Å². The lowest BCUT2D eigenvalue weighted by Gasteiger charge is -2.47. The molecule has 2 aliphatic heterocycles. The molecule has 1 atom stereocenters. The fourth-order valence-electron chi connectivity index (χ4n) is 3.57. The van der Waals surface area contributed by atoms with Crippen molar-refractivity contribution in [3.8, 4) is 0 Å². The highest BCUT2D eigenvalue weighted by Crippen LogP contribution is 2.46. The van der Waals surface area contributed by atoms with Gasteiger partial charge in [-0.25, -0.2) is 4.79 Å². The lowest BCUT2D eigenvalue weighted by molar-refractivity contribution is -0.230.